The fourth-order valence-electron chi connectivity index (χ4n) is 4.15. The monoisotopic (exact) mass is 423 g/mol. The van der Waals surface area contributed by atoms with Gasteiger partial charge in [0.05, 0.1) is 17.8 Å². The van der Waals surface area contributed by atoms with E-state index < -0.39 is 6.10 Å². The van der Waals surface area contributed by atoms with Crippen LogP contribution in [0.4, 0.5) is 11.4 Å². The average Bonchev–Trinajstić information content (AvgIpc) is 3.16. The molecule has 0 saturated carbocycles. The Balaban J connectivity index is 1.44. The van der Waals surface area contributed by atoms with Crippen molar-refractivity contribution < 1.29 is 10.2 Å². The Labute approximate surface area is 181 Å². The summed E-state index contributed by atoms with van der Waals surface area (Å²) in [6.07, 6.45) is 1.50. The number of hydrogen-bond donors (Lipinski definition) is 2. The molecule has 0 unspecified atom stereocenters. The number of aromatic nitrogens is 3. The zero-order valence-corrected chi connectivity index (χ0v) is 17.9. The largest absolute Gasteiger partial charge is 0.508 e. The van der Waals surface area contributed by atoms with Crippen LogP contribution in [-0.4, -0.2) is 56.8 Å². The quantitative estimate of drug-likeness (QED) is 0.633. The third-order valence-electron chi connectivity index (χ3n) is 5.97. The molecule has 1 saturated heterocycles. The maximum Gasteiger partial charge on any atom is 0.350 e. The number of aliphatic hydroxyl groups is 1. The lowest BCUT2D eigenvalue weighted by atomic mass is 10.1. The summed E-state index contributed by atoms with van der Waals surface area (Å²) in [5, 5.41) is 23.6. The minimum Gasteiger partial charge on any atom is -0.508 e. The standard InChI is InChI=1S/C23H29N5O3/c1-3-22(17(2)29)28-23(31)27(16-24-28)20-6-4-18(5-7-20)25-12-14-26(15-13-25)19-8-10-21(30)11-9-19/h4-11,16-17,22,29-30H,3,12-15H2,1-2H3/t17-,22+/m0/s1. The van der Waals surface area contributed by atoms with Crippen molar-refractivity contribution in [3.63, 3.8) is 0 Å². The Morgan fingerprint density at radius 2 is 1.39 bits per heavy atom. The summed E-state index contributed by atoms with van der Waals surface area (Å²) in [6, 6.07) is 14.9. The lowest BCUT2D eigenvalue weighted by molar-refractivity contribution is 0.118. The summed E-state index contributed by atoms with van der Waals surface area (Å²) in [4.78, 5) is 17.4. The maximum absolute atomic E-state index is 12.8. The van der Waals surface area contributed by atoms with Gasteiger partial charge in [0.2, 0.25) is 0 Å². The zero-order chi connectivity index (χ0) is 22.0. The lowest BCUT2D eigenvalue weighted by Crippen LogP contribution is -2.46. The average molecular weight is 424 g/mol. The third-order valence-corrected chi connectivity index (χ3v) is 5.97. The number of piperazine rings is 1. The van der Waals surface area contributed by atoms with Gasteiger partial charge >= 0.3 is 5.69 Å². The predicted octanol–water partition coefficient (Wildman–Crippen LogP) is 2.40. The second-order valence-electron chi connectivity index (χ2n) is 7.95. The normalized spacial score (nSPS) is 16.4. The molecule has 1 aliphatic heterocycles. The molecule has 3 aromatic rings. The molecule has 1 aliphatic rings. The lowest BCUT2D eigenvalue weighted by Gasteiger charge is -2.37. The number of rotatable bonds is 6. The second-order valence-corrected chi connectivity index (χ2v) is 7.95. The summed E-state index contributed by atoms with van der Waals surface area (Å²) in [6.45, 7) is 7.19. The second kappa shape index (κ2) is 8.85. The fourth-order valence-corrected chi connectivity index (χ4v) is 4.15. The van der Waals surface area contributed by atoms with E-state index in [0.717, 1.165) is 43.2 Å². The van der Waals surface area contributed by atoms with Crippen molar-refractivity contribution in [1.29, 1.82) is 0 Å². The number of aromatic hydroxyl groups is 1. The number of phenols is 1. The van der Waals surface area contributed by atoms with Gasteiger partial charge < -0.3 is 20.0 Å². The molecular weight excluding hydrogens is 394 g/mol. The summed E-state index contributed by atoms with van der Waals surface area (Å²) in [5.74, 6) is 0.281. The van der Waals surface area contributed by atoms with Crippen molar-refractivity contribution in [2.75, 3.05) is 36.0 Å². The molecule has 0 amide bonds. The summed E-state index contributed by atoms with van der Waals surface area (Å²) in [5.41, 5.74) is 2.74. The van der Waals surface area contributed by atoms with Gasteiger partial charge in [0.1, 0.15) is 12.1 Å². The van der Waals surface area contributed by atoms with Gasteiger partial charge in [-0.25, -0.2) is 14.0 Å². The van der Waals surface area contributed by atoms with Gasteiger partial charge in [-0.15, -0.1) is 0 Å². The number of nitrogens with zero attached hydrogens (tertiary/aromatic N) is 5. The van der Waals surface area contributed by atoms with E-state index in [9.17, 15) is 15.0 Å². The van der Waals surface area contributed by atoms with Gasteiger partial charge in [-0.2, -0.15) is 5.10 Å². The van der Waals surface area contributed by atoms with Crippen molar-refractivity contribution in [3.8, 4) is 11.4 Å². The van der Waals surface area contributed by atoms with Crippen LogP contribution in [0.1, 0.15) is 26.3 Å². The van der Waals surface area contributed by atoms with Crippen LogP contribution in [0, 0.1) is 0 Å². The van der Waals surface area contributed by atoms with E-state index in [1.165, 1.54) is 15.6 Å². The molecule has 0 bridgehead atoms. The first-order chi connectivity index (χ1) is 15.0. The van der Waals surface area contributed by atoms with E-state index in [4.69, 9.17) is 0 Å². The topological polar surface area (TPSA) is 86.8 Å². The number of aliphatic hydroxyl groups excluding tert-OH is 1. The Hall–Kier alpha value is -3.26. The van der Waals surface area contributed by atoms with Gasteiger partial charge in [-0.05, 0) is 61.9 Å². The summed E-state index contributed by atoms with van der Waals surface area (Å²) < 4.78 is 2.87. The Bertz CT molecular complexity index is 1050. The molecule has 4 rings (SSSR count). The van der Waals surface area contributed by atoms with Crippen molar-refractivity contribution in [2.24, 2.45) is 0 Å². The highest BCUT2D eigenvalue weighted by molar-refractivity contribution is 5.54. The van der Waals surface area contributed by atoms with Gasteiger partial charge in [-0.1, -0.05) is 6.92 Å². The first-order valence-corrected chi connectivity index (χ1v) is 10.7. The van der Waals surface area contributed by atoms with E-state index >= 15 is 0 Å². The fraction of sp³-hybridized carbons (Fsp3) is 0.391. The Morgan fingerprint density at radius 3 is 1.87 bits per heavy atom. The van der Waals surface area contributed by atoms with Crippen molar-refractivity contribution in [1.82, 2.24) is 14.3 Å². The van der Waals surface area contributed by atoms with Gasteiger partial charge in [-0.3, -0.25) is 0 Å². The van der Waals surface area contributed by atoms with Crippen LogP contribution >= 0.6 is 0 Å². The smallest absolute Gasteiger partial charge is 0.350 e. The van der Waals surface area contributed by atoms with Gasteiger partial charge in [0, 0.05) is 37.6 Å². The molecule has 8 nitrogen and oxygen atoms in total. The highest BCUT2D eigenvalue weighted by atomic mass is 16.3. The van der Waals surface area contributed by atoms with Crippen LogP contribution in [0.3, 0.4) is 0 Å². The van der Waals surface area contributed by atoms with Crippen molar-refractivity contribution in [3.05, 3.63) is 65.3 Å². The van der Waals surface area contributed by atoms with Crippen LogP contribution in [0.5, 0.6) is 5.75 Å². The first-order valence-electron chi connectivity index (χ1n) is 10.7. The van der Waals surface area contributed by atoms with Crippen molar-refractivity contribution >= 4 is 11.4 Å². The molecule has 0 spiro atoms. The number of anilines is 2. The van der Waals surface area contributed by atoms with Crippen LogP contribution < -0.4 is 15.5 Å². The maximum atomic E-state index is 12.8. The minimum absolute atomic E-state index is 0.247. The highest BCUT2D eigenvalue weighted by Crippen LogP contribution is 2.23. The molecule has 31 heavy (non-hydrogen) atoms. The Morgan fingerprint density at radius 1 is 0.903 bits per heavy atom. The molecule has 164 valence electrons. The van der Waals surface area contributed by atoms with Crippen LogP contribution in [0.25, 0.3) is 5.69 Å². The molecule has 2 heterocycles. The number of hydrogen-bond acceptors (Lipinski definition) is 6. The summed E-state index contributed by atoms with van der Waals surface area (Å²) in [7, 11) is 0. The predicted molar refractivity (Wildman–Crippen MR) is 121 cm³/mol. The number of benzene rings is 2. The highest BCUT2D eigenvalue weighted by Gasteiger charge is 2.21. The van der Waals surface area contributed by atoms with E-state index in [1.807, 2.05) is 43.3 Å². The van der Waals surface area contributed by atoms with E-state index in [0.29, 0.717) is 6.42 Å². The van der Waals surface area contributed by atoms with Gasteiger partial charge in [0.25, 0.3) is 0 Å². The van der Waals surface area contributed by atoms with Crippen molar-refractivity contribution in [2.45, 2.75) is 32.4 Å². The molecule has 1 fully saturated rings. The molecule has 8 heteroatoms. The summed E-state index contributed by atoms with van der Waals surface area (Å²) >= 11 is 0. The SMILES string of the molecule is CC[C@H]([C@H](C)O)n1ncn(-c2ccc(N3CCN(c4ccc(O)cc4)CC3)cc2)c1=O. The van der Waals surface area contributed by atoms with E-state index in [1.54, 1.807) is 19.1 Å². The molecule has 2 atom stereocenters. The van der Waals surface area contributed by atoms with Gasteiger partial charge in [0.15, 0.2) is 0 Å². The third kappa shape index (κ3) is 4.29. The minimum atomic E-state index is -0.645. The molecular formula is C23H29N5O3. The van der Waals surface area contributed by atoms with E-state index in [2.05, 4.69) is 14.9 Å². The zero-order valence-electron chi connectivity index (χ0n) is 17.9. The van der Waals surface area contributed by atoms with Crippen LogP contribution in [0.2, 0.25) is 0 Å². The molecule has 1 aromatic heterocycles. The van der Waals surface area contributed by atoms with E-state index in [-0.39, 0.29) is 17.5 Å². The van der Waals surface area contributed by atoms with Crippen LogP contribution in [0.15, 0.2) is 59.7 Å². The molecule has 2 aromatic carbocycles. The number of phenolic OH excluding ortho intramolecular Hbond substituents is 1. The van der Waals surface area contributed by atoms with Crippen LogP contribution in [-0.2, 0) is 0 Å². The Kier molecular flexibility index (Phi) is 5.99. The molecule has 0 radical (unpaired) electrons. The molecule has 0 aliphatic carbocycles. The first kappa shape index (κ1) is 21.0. The molecule has 2 N–H and O–H groups in total.